The minimum Gasteiger partial charge on any atom is -0.297 e. The number of allylic oxidation sites excluding steroid dienone is 2. The Balaban J connectivity index is 3.80. The van der Waals surface area contributed by atoms with Gasteiger partial charge in [-0.3, -0.25) is 4.79 Å². The van der Waals surface area contributed by atoms with Crippen LogP contribution in [-0.2, 0) is 4.79 Å². The van der Waals surface area contributed by atoms with Gasteiger partial charge < -0.3 is 0 Å². The van der Waals surface area contributed by atoms with Crippen LogP contribution in [0.4, 0.5) is 0 Å². The Labute approximate surface area is 49.6 Å². The minimum atomic E-state index is 0.273. The second-order valence-electron chi connectivity index (χ2n) is 0.776. The van der Waals surface area contributed by atoms with E-state index in [1.54, 1.807) is 6.07 Å². The third-order valence-corrected chi connectivity index (χ3v) is 0.731. The Morgan fingerprint density at radius 2 is 2.43 bits per heavy atom. The van der Waals surface area contributed by atoms with Gasteiger partial charge in [0, 0.05) is 6.08 Å². The van der Waals surface area contributed by atoms with Gasteiger partial charge in [0.25, 0.3) is 0 Å². The highest BCUT2D eigenvalue weighted by Gasteiger charge is 1.79. The maximum absolute atomic E-state index is 9.63. The molecule has 36 valence electrons. The minimum absolute atomic E-state index is 0.273. The monoisotopic (exact) mass is 159 g/mol. The van der Waals surface area contributed by atoms with Crippen molar-refractivity contribution in [3.05, 3.63) is 10.6 Å². The van der Waals surface area contributed by atoms with E-state index in [-0.39, 0.29) is 4.48 Å². The first-order valence-electron chi connectivity index (χ1n) is 1.51. The highest BCUT2D eigenvalue weighted by molar-refractivity contribution is 9.12. The highest BCUT2D eigenvalue weighted by Crippen LogP contribution is 1.96. The summed E-state index contributed by atoms with van der Waals surface area (Å²) < 4.78 is 0.273. The summed E-state index contributed by atoms with van der Waals surface area (Å²) in [5.41, 5.74) is 0. The zero-order valence-corrected chi connectivity index (χ0v) is 4.97. The molecule has 0 spiro atoms. The van der Waals surface area contributed by atoms with Gasteiger partial charge >= 0.3 is 0 Å². The lowest BCUT2D eigenvalue weighted by atomic mass is 10.6. The van der Waals surface area contributed by atoms with Crippen LogP contribution in [0.3, 0.4) is 0 Å². The third kappa shape index (κ3) is 3.20. The van der Waals surface area contributed by atoms with E-state index in [0.29, 0.717) is 6.29 Å². The molecule has 0 aromatic carbocycles. The molecule has 0 aliphatic rings. The molecule has 0 bridgehead atoms. The molecule has 0 radical (unpaired) electrons. The molecule has 0 aliphatic heterocycles. The molecule has 0 rings (SSSR count). The molecule has 0 aromatic heterocycles. The predicted molar refractivity (Wildman–Crippen MR) is 28.7 cm³/mol. The lowest BCUT2D eigenvalue weighted by Gasteiger charge is -1.68. The van der Waals surface area contributed by atoms with Gasteiger partial charge in [-0.2, -0.15) is 5.26 Å². The Morgan fingerprint density at radius 3 is 2.57 bits per heavy atom. The molecule has 0 atom stereocenters. The average molecular weight is 160 g/mol. The van der Waals surface area contributed by atoms with Crippen molar-refractivity contribution in [2.24, 2.45) is 0 Å². The van der Waals surface area contributed by atoms with Crippen LogP contribution in [0.1, 0.15) is 0 Å². The quantitative estimate of drug-likeness (QED) is 0.326. The molecule has 0 aromatic rings. The molecule has 0 saturated carbocycles. The van der Waals surface area contributed by atoms with Crippen molar-refractivity contribution in [1.29, 1.82) is 5.26 Å². The van der Waals surface area contributed by atoms with Gasteiger partial charge in [-0.1, -0.05) is 0 Å². The van der Waals surface area contributed by atoms with Crippen molar-refractivity contribution in [2.75, 3.05) is 0 Å². The van der Waals surface area contributed by atoms with Crippen LogP contribution in [0.15, 0.2) is 10.6 Å². The molecule has 3 heteroatoms. The fourth-order valence-corrected chi connectivity index (χ4v) is 0.198. The van der Waals surface area contributed by atoms with Gasteiger partial charge in [0.1, 0.15) is 0 Å². The molecule has 0 fully saturated rings. The normalized spacial score (nSPS) is 10.0. The molecular weight excluding hydrogens is 158 g/mol. The van der Waals surface area contributed by atoms with E-state index in [1.807, 2.05) is 0 Å². The summed E-state index contributed by atoms with van der Waals surface area (Å²) >= 11 is 2.81. The number of hydrogen-bond acceptors (Lipinski definition) is 2. The number of nitriles is 1. The predicted octanol–water partition coefficient (Wildman–Crippen LogP) is 0.988. The van der Waals surface area contributed by atoms with Gasteiger partial charge in [0.05, 0.1) is 10.6 Å². The zero-order chi connectivity index (χ0) is 5.70. The van der Waals surface area contributed by atoms with Crippen LogP contribution in [0.2, 0.25) is 0 Å². The van der Waals surface area contributed by atoms with Gasteiger partial charge in [-0.25, -0.2) is 0 Å². The first-order chi connectivity index (χ1) is 3.31. The molecule has 2 nitrogen and oxygen atoms in total. The van der Waals surface area contributed by atoms with Crippen molar-refractivity contribution in [2.45, 2.75) is 0 Å². The zero-order valence-electron chi connectivity index (χ0n) is 3.39. The number of carbonyl (C=O) groups excluding carboxylic acids is 1. The maximum atomic E-state index is 9.63. The number of rotatable bonds is 1. The van der Waals surface area contributed by atoms with Crippen molar-refractivity contribution >= 4 is 22.2 Å². The summed E-state index contributed by atoms with van der Waals surface area (Å²) in [7, 11) is 0. The Hall–Kier alpha value is -0.620. The summed E-state index contributed by atoms with van der Waals surface area (Å²) in [6, 6.07) is 1.68. The van der Waals surface area contributed by atoms with E-state index in [0.717, 1.165) is 6.08 Å². The van der Waals surface area contributed by atoms with E-state index < -0.39 is 0 Å². The van der Waals surface area contributed by atoms with Crippen LogP contribution in [0.25, 0.3) is 0 Å². The first kappa shape index (κ1) is 6.38. The number of aldehydes is 1. The largest absolute Gasteiger partial charge is 0.297 e. The van der Waals surface area contributed by atoms with E-state index in [9.17, 15) is 4.79 Å². The fraction of sp³-hybridized carbons (Fsp3) is 0. The van der Waals surface area contributed by atoms with Crippen molar-refractivity contribution < 1.29 is 4.79 Å². The number of carbonyl (C=O) groups is 1. The maximum Gasteiger partial charge on any atom is 0.157 e. The van der Waals surface area contributed by atoms with Crippen LogP contribution >= 0.6 is 15.9 Å². The average Bonchev–Trinajstić information content (AvgIpc) is 1.68. The van der Waals surface area contributed by atoms with Crippen molar-refractivity contribution in [1.82, 2.24) is 0 Å². The summed E-state index contributed by atoms with van der Waals surface area (Å²) in [5, 5.41) is 7.85. The van der Waals surface area contributed by atoms with E-state index in [1.165, 1.54) is 0 Å². The molecule has 0 amide bonds. The van der Waals surface area contributed by atoms with Crippen LogP contribution in [0.5, 0.6) is 0 Å². The lowest BCUT2D eigenvalue weighted by Crippen LogP contribution is -1.65. The van der Waals surface area contributed by atoms with Gasteiger partial charge in [-0.15, -0.1) is 0 Å². The molecule has 7 heavy (non-hydrogen) atoms. The Bertz CT molecular complexity index is 133. The molecule has 0 N–H and O–H groups in total. The van der Waals surface area contributed by atoms with Gasteiger partial charge in [0.2, 0.25) is 0 Å². The lowest BCUT2D eigenvalue weighted by molar-refractivity contribution is -0.104. The number of halogens is 1. The number of nitrogens with zero attached hydrogens (tertiary/aromatic N) is 1. The van der Waals surface area contributed by atoms with E-state index >= 15 is 0 Å². The smallest absolute Gasteiger partial charge is 0.157 e. The van der Waals surface area contributed by atoms with Crippen LogP contribution in [-0.4, -0.2) is 6.29 Å². The van der Waals surface area contributed by atoms with E-state index in [4.69, 9.17) is 5.26 Å². The summed E-state index contributed by atoms with van der Waals surface area (Å²) in [5.74, 6) is 0. The molecular formula is C4H2BrNO. The topological polar surface area (TPSA) is 40.9 Å². The number of hydrogen-bond donors (Lipinski definition) is 0. The van der Waals surface area contributed by atoms with Crippen molar-refractivity contribution in [3.8, 4) is 6.07 Å². The molecule has 0 heterocycles. The Kier molecular flexibility index (Phi) is 3.25. The van der Waals surface area contributed by atoms with Crippen LogP contribution in [0, 0.1) is 11.3 Å². The Morgan fingerprint density at radius 1 is 1.86 bits per heavy atom. The highest BCUT2D eigenvalue weighted by atomic mass is 79.9. The summed E-state index contributed by atoms with van der Waals surface area (Å²) in [4.78, 5) is 9.63. The third-order valence-electron chi connectivity index (χ3n) is 0.315. The molecule has 0 aliphatic carbocycles. The summed E-state index contributed by atoms with van der Waals surface area (Å²) in [6.07, 6.45) is 1.68. The van der Waals surface area contributed by atoms with Gasteiger partial charge in [-0.05, 0) is 15.9 Å². The fourth-order valence-electron chi connectivity index (χ4n) is 0.0957. The molecule has 0 saturated heterocycles. The van der Waals surface area contributed by atoms with Gasteiger partial charge in [0.15, 0.2) is 6.29 Å². The summed E-state index contributed by atoms with van der Waals surface area (Å²) in [6.45, 7) is 0. The standard InChI is InChI=1S/C4H2BrNO/c5-4(3-7)1-2-6/h1,3H/b4-1-. The van der Waals surface area contributed by atoms with Crippen LogP contribution < -0.4 is 0 Å². The van der Waals surface area contributed by atoms with Crippen molar-refractivity contribution in [3.63, 3.8) is 0 Å². The van der Waals surface area contributed by atoms with E-state index in [2.05, 4.69) is 15.9 Å². The molecule has 0 unspecified atom stereocenters. The second-order valence-corrected chi connectivity index (χ2v) is 1.69. The SMILES string of the molecule is N#C/C=C(\Br)C=O. The first-order valence-corrected chi connectivity index (χ1v) is 2.31. The second kappa shape index (κ2) is 3.57.